The van der Waals surface area contributed by atoms with Gasteiger partial charge in [0, 0.05) is 13.1 Å². The number of ether oxygens (including phenoxy) is 2. The van der Waals surface area contributed by atoms with E-state index in [1.54, 1.807) is 0 Å². The van der Waals surface area contributed by atoms with Crippen molar-refractivity contribution in [2.75, 3.05) is 32.8 Å². The number of nitrogens with zero attached hydrogens (tertiary/aromatic N) is 1. The molecular formula is C16H23Cl2NO3. The van der Waals surface area contributed by atoms with Crippen LogP contribution in [0.15, 0.2) is 24.3 Å². The number of para-hydroxylation sites is 1. The van der Waals surface area contributed by atoms with Crippen LogP contribution in [0.2, 0.25) is 5.02 Å². The van der Waals surface area contributed by atoms with Crippen molar-refractivity contribution >= 4 is 30.0 Å². The molecule has 2 rings (SSSR count). The standard InChI is InChI=1S/C16H22ClNO3.ClH/c1-2-20-16(19)13-6-5-9-18(12-13)10-11-21-15-8-4-3-7-14(15)17;/h3-4,7-8,13H,2,5-6,9-12H2,1H3;1H. The van der Waals surface area contributed by atoms with Gasteiger partial charge in [0.05, 0.1) is 17.5 Å². The highest BCUT2D eigenvalue weighted by molar-refractivity contribution is 6.32. The fourth-order valence-corrected chi connectivity index (χ4v) is 2.75. The van der Waals surface area contributed by atoms with Gasteiger partial charge in [0.25, 0.3) is 0 Å². The second-order valence-corrected chi connectivity index (χ2v) is 5.58. The molecule has 0 saturated carbocycles. The van der Waals surface area contributed by atoms with Gasteiger partial charge in [0.1, 0.15) is 12.4 Å². The van der Waals surface area contributed by atoms with Crippen LogP contribution >= 0.6 is 24.0 Å². The molecule has 6 heteroatoms. The summed E-state index contributed by atoms with van der Waals surface area (Å²) >= 11 is 6.05. The number of esters is 1. The third-order valence-electron chi connectivity index (χ3n) is 3.63. The fraction of sp³-hybridized carbons (Fsp3) is 0.562. The second-order valence-electron chi connectivity index (χ2n) is 5.17. The van der Waals surface area contributed by atoms with E-state index in [9.17, 15) is 4.79 Å². The van der Waals surface area contributed by atoms with E-state index in [2.05, 4.69) is 4.90 Å². The summed E-state index contributed by atoms with van der Waals surface area (Å²) in [7, 11) is 0. The number of carbonyl (C=O) groups is 1. The molecule has 0 spiro atoms. The van der Waals surface area contributed by atoms with Crippen LogP contribution in [0.5, 0.6) is 5.75 Å². The van der Waals surface area contributed by atoms with E-state index in [4.69, 9.17) is 21.1 Å². The molecule has 0 bridgehead atoms. The summed E-state index contributed by atoms with van der Waals surface area (Å²) in [4.78, 5) is 14.0. The van der Waals surface area contributed by atoms with Crippen LogP contribution in [0.4, 0.5) is 0 Å². The van der Waals surface area contributed by atoms with Crippen LogP contribution in [0.25, 0.3) is 0 Å². The Kier molecular flexibility index (Phi) is 8.61. The van der Waals surface area contributed by atoms with Crippen LogP contribution in [0.3, 0.4) is 0 Å². The van der Waals surface area contributed by atoms with Crippen molar-refractivity contribution < 1.29 is 14.3 Å². The number of rotatable bonds is 6. The van der Waals surface area contributed by atoms with Gasteiger partial charge in [0.2, 0.25) is 0 Å². The molecular weight excluding hydrogens is 325 g/mol. The summed E-state index contributed by atoms with van der Waals surface area (Å²) in [6.07, 6.45) is 1.94. The minimum atomic E-state index is -0.0748. The minimum Gasteiger partial charge on any atom is -0.491 e. The molecule has 0 aliphatic carbocycles. The highest BCUT2D eigenvalue weighted by Crippen LogP contribution is 2.23. The third kappa shape index (κ3) is 5.67. The highest BCUT2D eigenvalue weighted by atomic mass is 35.5. The van der Waals surface area contributed by atoms with E-state index in [1.165, 1.54) is 0 Å². The fourth-order valence-electron chi connectivity index (χ4n) is 2.56. The van der Waals surface area contributed by atoms with Crippen molar-refractivity contribution in [2.24, 2.45) is 5.92 Å². The van der Waals surface area contributed by atoms with E-state index in [0.29, 0.717) is 24.0 Å². The number of hydrogen-bond acceptors (Lipinski definition) is 4. The largest absolute Gasteiger partial charge is 0.491 e. The van der Waals surface area contributed by atoms with Crippen LogP contribution < -0.4 is 4.74 Å². The van der Waals surface area contributed by atoms with Crippen LogP contribution in [0.1, 0.15) is 19.8 Å². The van der Waals surface area contributed by atoms with Crippen LogP contribution in [0, 0.1) is 5.92 Å². The van der Waals surface area contributed by atoms with Gasteiger partial charge >= 0.3 is 5.97 Å². The Labute approximate surface area is 143 Å². The number of carbonyl (C=O) groups excluding carboxylic acids is 1. The number of piperidine rings is 1. The Morgan fingerprint density at radius 2 is 2.18 bits per heavy atom. The molecule has 1 unspecified atom stereocenters. The van der Waals surface area contributed by atoms with Crippen molar-refractivity contribution in [3.8, 4) is 5.75 Å². The predicted molar refractivity (Wildman–Crippen MR) is 90.0 cm³/mol. The molecule has 1 aromatic rings. The maximum Gasteiger partial charge on any atom is 0.310 e. The normalized spacial score (nSPS) is 18.4. The molecule has 1 atom stereocenters. The zero-order valence-corrected chi connectivity index (χ0v) is 14.4. The lowest BCUT2D eigenvalue weighted by Gasteiger charge is -2.31. The summed E-state index contributed by atoms with van der Waals surface area (Å²) in [6.45, 7) is 5.41. The lowest BCUT2D eigenvalue weighted by Crippen LogP contribution is -2.41. The van der Waals surface area contributed by atoms with E-state index in [0.717, 1.165) is 32.5 Å². The maximum atomic E-state index is 11.8. The summed E-state index contributed by atoms with van der Waals surface area (Å²) in [5.74, 6) is 0.631. The smallest absolute Gasteiger partial charge is 0.310 e. The summed E-state index contributed by atoms with van der Waals surface area (Å²) < 4.78 is 10.8. The van der Waals surface area contributed by atoms with Gasteiger partial charge < -0.3 is 9.47 Å². The number of benzene rings is 1. The lowest BCUT2D eigenvalue weighted by molar-refractivity contribution is -0.150. The summed E-state index contributed by atoms with van der Waals surface area (Å²) in [5.41, 5.74) is 0. The van der Waals surface area contributed by atoms with E-state index >= 15 is 0 Å². The average Bonchev–Trinajstić information content (AvgIpc) is 2.50. The van der Waals surface area contributed by atoms with Crippen LogP contribution in [-0.2, 0) is 9.53 Å². The lowest BCUT2D eigenvalue weighted by atomic mass is 9.98. The third-order valence-corrected chi connectivity index (χ3v) is 3.94. The molecule has 0 N–H and O–H groups in total. The first-order valence-corrected chi connectivity index (χ1v) is 7.84. The molecule has 0 aromatic heterocycles. The zero-order chi connectivity index (χ0) is 15.1. The van der Waals surface area contributed by atoms with Gasteiger partial charge in [-0.05, 0) is 38.4 Å². The van der Waals surface area contributed by atoms with Crippen molar-refractivity contribution in [1.82, 2.24) is 4.90 Å². The average molecular weight is 348 g/mol. The molecule has 4 nitrogen and oxygen atoms in total. The van der Waals surface area contributed by atoms with E-state index in [-0.39, 0.29) is 24.3 Å². The Morgan fingerprint density at radius 1 is 1.41 bits per heavy atom. The van der Waals surface area contributed by atoms with Gasteiger partial charge in [-0.2, -0.15) is 0 Å². The van der Waals surface area contributed by atoms with Gasteiger partial charge in [-0.3, -0.25) is 9.69 Å². The zero-order valence-electron chi connectivity index (χ0n) is 12.8. The van der Waals surface area contributed by atoms with Gasteiger partial charge in [-0.15, -0.1) is 12.4 Å². The first kappa shape index (κ1) is 19.1. The SMILES string of the molecule is CCOC(=O)C1CCCN(CCOc2ccccc2Cl)C1.Cl. The van der Waals surface area contributed by atoms with Gasteiger partial charge in [-0.1, -0.05) is 23.7 Å². The van der Waals surface area contributed by atoms with Crippen LogP contribution in [-0.4, -0.2) is 43.7 Å². The molecule has 0 radical (unpaired) electrons. The molecule has 1 aliphatic rings. The predicted octanol–water partition coefficient (Wildman–Crippen LogP) is 3.42. The van der Waals surface area contributed by atoms with Crippen molar-refractivity contribution in [1.29, 1.82) is 0 Å². The summed E-state index contributed by atoms with van der Waals surface area (Å²) in [5, 5.41) is 0.626. The second kappa shape index (κ2) is 9.93. The van der Waals surface area contributed by atoms with E-state index in [1.807, 2.05) is 31.2 Å². The van der Waals surface area contributed by atoms with Gasteiger partial charge in [0.15, 0.2) is 0 Å². The molecule has 1 heterocycles. The molecule has 0 amide bonds. The number of hydrogen-bond donors (Lipinski definition) is 0. The Bertz CT molecular complexity index is 470. The maximum absolute atomic E-state index is 11.8. The molecule has 1 saturated heterocycles. The molecule has 1 aliphatic heterocycles. The molecule has 1 fully saturated rings. The topological polar surface area (TPSA) is 38.8 Å². The quantitative estimate of drug-likeness (QED) is 0.739. The van der Waals surface area contributed by atoms with Crippen molar-refractivity contribution in [2.45, 2.75) is 19.8 Å². The molecule has 1 aromatic carbocycles. The number of halogens is 2. The van der Waals surface area contributed by atoms with Crippen molar-refractivity contribution in [3.05, 3.63) is 29.3 Å². The monoisotopic (exact) mass is 347 g/mol. The Morgan fingerprint density at radius 3 is 2.91 bits per heavy atom. The first-order chi connectivity index (χ1) is 10.2. The highest BCUT2D eigenvalue weighted by Gasteiger charge is 2.26. The van der Waals surface area contributed by atoms with Gasteiger partial charge in [-0.25, -0.2) is 0 Å². The number of likely N-dealkylation sites (tertiary alicyclic amines) is 1. The Hall–Kier alpha value is -0.970. The Balaban J connectivity index is 0.00000242. The van der Waals surface area contributed by atoms with Crippen molar-refractivity contribution in [3.63, 3.8) is 0 Å². The first-order valence-electron chi connectivity index (χ1n) is 7.47. The minimum absolute atomic E-state index is 0. The summed E-state index contributed by atoms with van der Waals surface area (Å²) in [6, 6.07) is 7.46. The molecule has 124 valence electrons. The van der Waals surface area contributed by atoms with E-state index < -0.39 is 0 Å². The molecule has 22 heavy (non-hydrogen) atoms.